The van der Waals surface area contributed by atoms with Gasteiger partial charge in [-0.15, -0.1) is 0 Å². The maximum atomic E-state index is 3.33. The molecule has 0 unspecified atom stereocenters. The van der Waals surface area contributed by atoms with Crippen molar-refractivity contribution >= 4 is 5.69 Å². The van der Waals surface area contributed by atoms with E-state index in [2.05, 4.69) is 55.4 Å². The average molecular weight is 192 g/mol. The van der Waals surface area contributed by atoms with Crippen LogP contribution in [-0.2, 0) is 0 Å². The van der Waals surface area contributed by atoms with E-state index in [1.165, 1.54) is 11.3 Å². The van der Waals surface area contributed by atoms with E-state index in [0.717, 1.165) is 19.6 Å². The molecular weight excluding hydrogens is 172 g/mol. The van der Waals surface area contributed by atoms with E-state index in [0.29, 0.717) is 0 Å². The number of para-hydroxylation sites is 1. The van der Waals surface area contributed by atoms with Crippen molar-refractivity contribution in [3.8, 4) is 0 Å². The molecule has 0 fully saturated rings. The van der Waals surface area contributed by atoms with Crippen molar-refractivity contribution in [2.45, 2.75) is 13.8 Å². The Balaban J connectivity index is 2.51. The molecule has 0 radical (unpaired) electrons. The predicted octanol–water partition coefficient (Wildman–Crippen LogP) is 2.04. The summed E-state index contributed by atoms with van der Waals surface area (Å²) in [5.41, 5.74) is 2.66. The van der Waals surface area contributed by atoms with Gasteiger partial charge in [0.15, 0.2) is 0 Å². The van der Waals surface area contributed by atoms with Crippen LogP contribution in [0.2, 0.25) is 0 Å². The normalized spacial score (nSPS) is 10.2. The number of hydrogen-bond acceptors (Lipinski definition) is 2. The lowest BCUT2D eigenvalue weighted by atomic mass is 10.2. The minimum absolute atomic E-state index is 1.04. The Kier molecular flexibility index (Phi) is 4.47. The molecule has 0 aliphatic rings. The van der Waals surface area contributed by atoms with Crippen molar-refractivity contribution in [1.82, 2.24) is 5.32 Å². The van der Waals surface area contributed by atoms with E-state index in [1.807, 2.05) is 0 Å². The van der Waals surface area contributed by atoms with E-state index < -0.39 is 0 Å². The third-order valence-corrected chi connectivity index (χ3v) is 2.40. The zero-order chi connectivity index (χ0) is 10.4. The van der Waals surface area contributed by atoms with E-state index >= 15 is 0 Å². The molecule has 2 nitrogen and oxygen atoms in total. The van der Waals surface area contributed by atoms with Crippen molar-refractivity contribution in [2.24, 2.45) is 0 Å². The molecule has 0 amide bonds. The van der Waals surface area contributed by atoms with Gasteiger partial charge in [0.1, 0.15) is 0 Å². The number of nitrogens with one attached hydrogen (secondary N) is 1. The van der Waals surface area contributed by atoms with E-state index in [9.17, 15) is 0 Å². The maximum Gasteiger partial charge on any atom is 0.0393 e. The lowest BCUT2D eigenvalue weighted by Gasteiger charge is -2.21. The SMILES string of the molecule is CCNCCN(C)c1ccccc1C. The van der Waals surface area contributed by atoms with Crippen LogP contribution < -0.4 is 10.2 Å². The Labute approximate surface area is 86.9 Å². The van der Waals surface area contributed by atoms with Crippen LogP contribution in [0.25, 0.3) is 0 Å². The van der Waals surface area contributed by atoms with Crippen molar-refractivity contribution in [2.75, 3.05) is 31.6 Å². The van der Waals surface area contributed by atoms with Crippen molar-refractivity contribution < 1.29 is 0 Å². The second-order valence-corrected chi connectivity index (χ2v) is 3.56. The molecule has 1 rings (SSSR count). The highest BCUT2D eigenvalue weighted by Crippen LogP contribution is 2.16. The quantitative estimate of drug-likeness (QED) is 0.718. The van der Waals surface area contributed by atoms with Crippen LogP contribution in [0.5, 0.6) is 0 Å². The summed E-state index contributed by atoms with van der Waals surface area (Å²) in [6.45, 7) is 7.43. The molecule has 1 aromatic carbocycles. The first-order chi connectivity index (χ1) is 6.75. The fourth-order valence-corrected chi connectivity index (χ4v) is 1.54. The number of rotatable bonds is 5. The third kappa shape index (κ3) is 3.04. The minimum Gasteiger partial charge on any atom is -0.373 e. The molecule has 0 saturated heterocycles. The zero-order valence-electron chi connectivity index (χ0n) is 9.38. The number of likely N-dealkylation sites (N-methyl/N-ethyl adjacent to an activating group) is 2. The highest BCUT2D eigenvalue weighted by molar-refractivity contribution is 5.52. The monoisotopic (exact) mass is 192 g/mol. The molecule has 0 aliphatic carbocycles. The fraction of sp³-hybridized carbons (Fsp3) is 0.500. The molecule has 1 N–H and O–H groups in total. The average Bonchev–Trinajstić information content (AvgIpc) is 2.18. The third-order valence-electron chi connectivity index (χ3n) is 2.40. The highest BCUT2D eigenvalue weighted by atomic mass is 15.1. The Bertz CT molecular complexity index is 271. The smallest absolute Gasteiger partial charge is 0.0393 e. The summed E-state index contributed by atoms with van der Waals surface area (Å²) in [7, 11) is 2.14. The topological polar surface area (TPSA) is 15.3 Å². The molecule has 0 saturated carbocycles. The Hall–Kier alpha value is -1.02. The first kappa shape index (κ1) is 11.1. The molecule has 0 aromatic heterocycles. The number of anilines is 1. The predicted molar refractivity (Wildman–Crippen MR) is 63.0 cm³/mol. The summed E-state index contributed by atoms with van der Waals surface area (Å²) in [6.07, 6.45) is 0. The maximum absolute atomic E-state index is 3.33. The summed E-state index contributed by atoms with van der Waals surface area (Å²) >= 11 is 0. The number of hydrogen-bond donors (Lipinski definition) is 1. The number of nitrogens with zero attached hydrogens (tertiary/aromatic N) is 1. The number of benzene rings is 1. The largest absolute Gasteiger partial charge is 0.373 e. The van der Waals surface area contributed by atoms with Gasteiger partial charge in [0, 0.05) is 25.8 Å². The zero-order valence-corrected chi connectivity index (χ0v) is 9.38. The van der Waals surface area contributed by atoms with Gasteiger partial charge in [-0.25, -0.2) is 0 Å². The molecule has 0 spiro atoms. The Morgan fingerprint density at radius 1 is 1.29 bits per heavy atom. The molecule has 14 heavy (non-hydrogen) atoms. The second kappa shape index (κ2) is 5.66. The van der Waals surface area contributed by atoms with E-state index in [-0.39, 0.29) is 0 Å². The summed E-state index contributed by atoms with van der Waals surface area (Å²) < 4.78 is 0. The van der Waals surface area contributed by atoms with Gasteiger partial charge in [-0.05, 0) is 25.1 Å². The van der Waals surface area contributed by atoms with Crippen LogP contribution in [0.3, 0.4) is 0 Å². The van der Waals surface area contributed by atoms with Crippen LogP contribution in [0.1, 0.15) is 12.5 Å². The lowest BCUT2D eigenvalue weighted by Crippen LogP contribution is -2.29. The van der Waals surface area contributed by atoms with Gasteiger partial charge >= 0.3 is 0 Å². The van der Waals surface area contributed by atoms with Crippen LogP contribution in [0.4, 0.5) is 5.69 Å². The summed E-state index contributed by atoms with van der Waals surface area (Å²) in [4.78, 5) is 2.29. The highest BCUT2D eigenvalue weighted by Gasteiger charge is 2.01. The molecular formula is C12H20N2. The van der Waals surface area contributed by atoms with Gasteiger partial charge in [0.2, 0.25) is 0 Å². The summed E-state index contributed by atoms with van der Waals surface area (Å²) in [6, 6.07) is 8.49. The van der Waals surface area contributed by atoms with Crippen LogP contribution in [0.15, 0.2) is 24.3 Å². The van der Waals surface area contributed by atoms with Crippen molar-refractivity contribution in [3.63, 3.8) is 0 Å². The van der Waals surface area contributed by atoms with Crippen LogP contribution in [0, 0.1) is 6.92 Å². The molecule has 0 bridgehead atoms. The van der Waals surface area contributed by atoms with Gasteiger partial charge in [-0.2, -0.15) is 0 Å². The molecule has 2 heteroatoms. The Morgan fingerprint density at radius 3 is 2.64 bits per heavy atom. The molecule has 0 aliphatic heterocycles. The van der Waals surface area contributed by atoms with Gasteiger partial charge in [-0.3, -0.25) is 0 Å². The van der Waals surface area contributed by atoms with Crippen LogP contribution >= 0.6 is 0 Å². The van der Waals surface area contributed by atoms with Crippen LogP contribution in [-0.4, -0.2) is 26.7 Å². The molecule has 0 atom stereocenters. The van der Waals surface area contributed by atoms with Gasteiger partial charge in [-0.1, -0.05) is 25.1 Å². The summed E-state index contributed by atoms with van der Waals surface area (Å²) in [5, 5.41) is 3.33. The standard InChI is InChI=1S/C12H20N2/c1-4-13-9-10-14(3)12-8-6-5-7-11(12)2/h5-8,13H,4,9-10H2,1-3H3. The summed E-state index contributed by atoms with van der Waals surface area (Å²) in [5.74, 6) is 0. The van der Waals surface area contributed by atoms with Crippen molar-refractivity contribution in [3.05, 3.63) is 29.8 Å². The first-order valence-electron chi connectivity index (χ1n) is 5.23. The molecule has 78 valence electrons. The second-order valence-electron chi connectivity index (χ2n) is 3.56. The fourth-order valence-electron chi connectivity index (χ4n) is 1.54. The molecule has 0 heterocycles. The number of aryl methyl sites for hydroxylation is 1. The van der Waals surface area contributed by atoms with E-state index in [4.69, 9.17) is 0 Å². The van der Waals surface area contributed by atoms with Gasteiger partial charge in [0.05, 0.1) is 0 Å². The lowest BCUT2D eigenvalue weighted by molar-refractivity contribution is 0.705. The molecule has 1 aromatic rings. The van der Waals surface area contributed by atoms with Gasteiger partial charge < -0.3 is 10.2 Å². The van der Waals surface area contributed by atoms with E-state index in [1.54, 1.807) is 0 Å². The Morgan fingerprint density at radius 2 is 2.00 bits per heavy atom. The minimum atomic E-state index is 1.04. The van der Waals surface area contributed by atoms with Crippen molar-refractivity contribution in [1.29, 1.82) is 0 Å². The first-order valence-corrected chi connectivity index (χ1v) is 5.23. The van der Waals surface area contributed by atoms with Gasteiger partial charge in [0.25, 0.3) is 0 Å².